The lowest BCUT2D eigenvalue weighted by Crippen LogP contribution is -2.06. The first-order valence-corrected chi connectivity index (χ1v) is 4.36. The van der Waals surface area contributed by atoms with E-state index in [0.29, 0.717) is 0 Å². The number of hydrogen-bond donors (Lipinski definition) is 0. The van der Waals surface area contributed by atoms with E-state index >= 15 is 0 Å². The smallest absolute Gasteiger partial charge is 0.259 e. The zero-order valence-corrected chi connectivity index (χ0v) is 8.39. The molecular formula is C10H11ClO2. The lowest BCUT2D eigenvalue weighted by atomic mass is 10.1. The maximum absolute atomic E-state index is 10.5. The highest BCUT2D eigenvalue weighted by Crippen LogP contribution is 2.22. The van der Waals surface area contributed by atoms with E-state index in [-0.39, 0.29) is 6.61 Å². The molecule has 0 radical (unpaired) electrons. The molecule has 0 unspecified atom stereocenters. The van der Waals surface area contributed by atoms with Crippen molar-refractivity contribution in [3.8, 4) is 5.75 Å². The first-order chi connectivity index (χ1) is 6.11. The summed E-state index contributed by atoms with van der Waals surface area (Å²) in [6.07, 6.45) is 0. The van der Waals surface area contributed by atoms with Gasteiger partial charge in [-0.2, -0.15) is 0 Å². The molecule has 0 N–H and O–H groups in total. The van der Waals surface area contributed by atoms with Gasteiger partial charge in [-0.1, -0.05) is 18.2 Å². The van der Waals surface area contributed by atoms with Crippen LogP contribution in [0.3, 0.4) is 0 Å². The Hall–Kier alpha value is -1.02. The molecule has 0 aliphatic rings. The van der Waals surface area contributed by atoms with Gasteiger partial charge in [-0.3, -0.25) is 4.79 Å². The molecule has 3 heteroatoms. The molecule has 13 heavy (non-hydrogen) atoms. The molecule has 0 aliphatic heterocycles. The van der Waals surface area contributed by atoms with Crippen LogP contribution in [-0.4, -0.2) is 11.8 Å². The molecule has 0 fully saturated rings. The zero-order valence-electron chi connectivity index (χ0n) is 7.63. The molecule has 0 bridgehead atoms. The van der Waals surface area contributed by atoms with Crippen molar-refractivity contribution >= 4 is 16.8 Å². The van der Waals surface area contributed by atoms with E-state index in [0.717, 1.165) is 16.9 Å². The van der Waals surface area contributed by atoms with Crippen LogP contribution in [0, 0.1) is 13.8 Å². The molecule has 70 valence electrons. The van der Waals surface area contributed by atoms with Crippen LogP contribution >= 0.6 is 11.6 Å². The molecule has 1 aromatic rings. The Morgan fingerprint density at radius 2 is 1.92 bits per heavy atom. The summed E-state index contributed by atoms with van der Waals surface area (Å²) in [5.41, 5.74) is 2.02. The average Bonchev–Trinajstić information content (AvgIpc) is 2.03. The van der Waals surface area contributed by atoms with Gasteiger partial charge in [0.2, 0.25) is 0 Å². The number of hydrogen-bond acceptors (Lipinski definition) is 2. The number of ether oxygens (including phenoxy) is 1. The van der Waals surface area contributed by atoms with E-state index in [1.807, 2.05) is 32.0 Å². The third-order valence-electron chi connectivity index (χ3n) is 1.74. The summed E-state index contributed by atoms with van der Waals surface area (Å²) >= 11 is 5.17. The number of carbonyl (C=O) groups is 1. The van der Waals surface area contributed by atoms with Crippen LogP contribution in [0.5, 0.6) is 5.75 Å². The van der Waals surface area contributed by atoms with Crippen molar-refractivity contribution in [2.24, 2.45) is 0 Å². The molecule has 1 rings (SSSR count). The van der Waals surface area contributed by atoms with Crippen molar-refractivity contribution < 1.29 is 9.53 Å². The first kappa shape index (κ1) is 10.1. The van der Waals surface area contributed by atoms with E-state index < -0.39 is 5.24 Å². The van der Waals surface area contributed by atoms with Crippen molar-refractivity contribution in [3.63, 3.8) is 0 Å². The van der Waals surface area contributed by atoms with Gasteiger partial charge in [-0.25, -0.2) is 0 Å². The van der Waals surface area contributed by atoms with Crippen LogP contribution in [0.4, 0.5) is 0 Å². The Bertz CT molecular complexity index is 300. The summed E-state index contributed by atoms with van der Waals surface area (Å²) in [6, 6.07) is 5.81. The minimum Gasteiger partial charge on any atom is -0.484 e. The monoisotopic (exact) mass is 198 g/mol. The highest BCUT2D eigenvalue weighted by Gasteiger charge is 2.04. The molecule has 0 amide bonds. The van der Waals surface area contributed by atoms with E-state index in [1.54, 1.807) is 0 Å². The molecule has 0 heterocycles. The van der Waals surface area contributed by atoms with Crippen molar-refractivity contribution in [1.82, 2.24) is 0 Å². The maximum atomic E-state index is 10.5. The van der Waals surface area contributed by atoms with Gasteiger partial charge in [0.15, 0.2) is 6.61 Å². The highest BCUT2D eigenvalue weighted by molar-refractivity contribution is 6.63. The van der Waals surface area contributed by atoms with Gasteiger partial charge in [0.05, 0.1) is 0 Å². The quantitative estimate of drug-likeness (QED) is 0.698. The molecule has 0 saturated carbocycles. The van der Waals surface area contributed by atoms with Crippen LogP contribution in [0.2, 0.25) is 0 Å². The molecule has 0 spiro atoms. The normalized spacial score (nSPS) is 9.77. The third kappa shape index (κ3) is 2.74. The molecular weight excluding hydrogens is 188 g/mol. The van der Waals surface area contributed by atoms with Gasteiger partial charge in [0.25, 0.3) is 5.24 Å². The summed E-state index contributed by atoms with van der Waals surface area (Å²) in [6.45, 7) is 3.79. The number of halogens is 1. The maximum Gasteiger partial charge on any atom is 0.259 e. The van der Waals surface area contributed by atoms with Crippen LogP contribution in [-0.2, 0) is 4.79 Å². The zero-order chi connectivity index (χ0) is 9.84. The lowest BCUT2D eigenvalue weighted by molar-refractivity contribution is -0.113. The summed E-state index contributed by atoms with van der Waals surface area (Å²) in [5.74, 6) is 0.747. The summed E-state index contributed by atoms with van der Waals surface area (Å²) in [7, 11) is 0. The van der Waals surface area contributed by atoms with Gasteiger partial charge in [0.1, 0.15) is 5.75 Å². The fourth-order valence-corrected chi connectivity index (χ4v) is 1.21. The van der Waals surface area contributed by atoms with E-state index in [9.17, 15) is 4.79 Å². The predicted molar refractivity (Wildman–Crippen MR) is 52.3 cm³/mol. The molecule has 0 aliphatic carbocycles. The first-order valence-electron chi connectivity index (χ1n) is 3.98. The third-order valence-corrected chi connectivity index (χ3v) is 1.85. The average molecular weight is 199 g/mol. The van der Waals surface area contributed by atoms with E-state index in [1.165, 1.54) is 0 Å². The number of carbonyl (C=O) groups excluding carboxylic acids is 1. The SMILES string of the molecule is Cc1cccc(C)c1OCC(=O)Cl. The second-order valence-corrected chi connectivity index (χ2v) is 3.29. The van der Waals surface area contributed by atoms with Crippen molar-refractivity contribution in [2.75, 3.05) is 6.61 Å². The summed E-state index contributed by atoms with van der Waals surface area (Å²) < 4.78 is 5.25. The Morgan fingerprint density at radius 3 is 2.38 bits per heavy atom. The van der Waals surface area contributed by atoms with Crippen LogP contribution < -0.4 is 4.74 Å². The topological polar surface area (TPSA) is 26.3 Å². The summed E-state index contributed by atoms with van der Waals surface area (Å²) in [4.78, 5) is 10.5. The Labute approximate surface area is 82.5 Å². The standard InChI is InChI=1S/C10H11ClO2/c1-7-4-3-5-8(2)10(7)13-6-9(11)12/h3-5H,6H2,1-2H3. The van der Waals surface area contributed by atoms with Gasteiger partial charge >= 0.3 is 0 Å². The minimum atomic E-state index is -0.484. The van der Waals surface area contributed by atoms with Crippen molar-refractivity contribution in [3.05, 3.63) is 29.3 Å². The lowest BCUT2D eigenvalue weighted by Gasteiger charge is -2.09. The Morgan fingerprint density at radius 1 is 1.38 bits per heavy atom. The molecule has 0 atom stereocenters. The highest BCUT2D eigenvalue weighted by atomic mass is 35.5. The number of aryl methyl sites for hydroxylation is 2. The second kappa shape index (κ2) is 4.28. The van der Waals surface area contributed by atoms with Crippen LogP contribution in [0.1, 0.15) is 11.1 Å². The van der Waals surface area contributed by atoms with Gasteiger partial charge in [-0.15, -0.1) is 0 Å². The summed E-state index contributed by atoms with van der Waals surface area (Å²) in [5, 5.41) is -0.484. The van der Waals surface area contributed by atoms with Crippen LogP contribution in [0.15, 0.2) is 18.2 Å². The van der Waals surface area contributed by atoms with Gasteiger partial charge in [-0.05, 0) is 36.6 Å². The van der Waals surface area contributed by atoms with Crippen LogP contribution in [0.25, 0.3) is 0 Å². The number of para-hydroxylation sites is 1. The number of benzene rings is 1. The van der Waals surface area contributed by atoms with Crippen molar-refractivity contribution in [2.45, 2.75) is 13.8 Å². The van der Waals surface area contributed by atoms with Crippen molar-refractivity contribution in [1.29, 1.82) is 0 Å². The Balaban J connectivity index is 2.81. The van der Waals surface area contributed by atoms with Gasteiger partial charge in [0, 0.05) is 0 Å². The molecule has 2 nitrogen and oxygen atoms in total. The minimum absolute atomic E-state index is 0.0761. The number of rotatable bonds is 3. The molecule has 0 aromatic heterocycles. The Kier molecular flexibility index (Phi) is 3.32. The predicted octanol–water partition coefficient (Wildman–Crippen LogP) is 2.45. The second-order valence-electron chi connectivity index (χ2n) is 2.86. The van der Waals surface area contributed by atoms with E-state index in [4.69, 9.17) is 16.3 Å². The van der Waals surface area contributed by atoms with Gasteiger partial charge < -0.3 is 4.74 Å². The fourth-order valence-electron chi connectivity index (χ4n) is 1.16. The fraction of sp³-hybridized carbons (Fsp3) is 0.300. The molecule has 0 saturated heterocycles. The largest absolute Gasteiger partial charge is 0.484 e. The van der Waals surface area contributed by atoms with E-state index in [2.05, 4.69) is 0 Å². The molecule has 1 aromatic carbocycles.